The maximum absolute atomic E-state index is 10.8. The number of nitrogens with one attached hydrogen (secondary N) is 1. The van der Waals surface area contributed by atoms with Crippen molar-refractivity contribution in [1.29, 1.82) is 0 Å². The van der Waals surface area contributed by atoms with E-state index in [1.807, 2.05) is 0 Å². The van der Waals surface area contributed by atoms with Gasteiger partial charge in [-0.3, -0.25) is 4.79 Å². The summed E-state index contributed by atoms with van der Waals surface area (Å²) in [4.78, 5) is 19.2. The highest BCUT2D eigenvalue weighted by Crippen LogP contribution is 2.20. The molecule has 2 aliphatic rings. The van der Waals surface area contributed by atoms with Crippen molar-refractivity contribution in [3.8, 4) is 0 Å². The summed E-state index contributed by atoms with van der Waals surface area (Å²) in [6.45, 7) is 3.86. The summed E-state index contributed by atoms with van der Waals surface area (Å²) in [7, 11) is 0. The SMILES string of the molecule is O=CN1CCN(c2cnnc(NCCC3=CCCCC3)n2)CC1. The van der Waals surface area contributed by atoms with Crippen LogP contribution in [0.25, 0.3) is 0 Å². The average Bonchev–Trinajstić information content (AvgIpc) is 2.63. The Balaban J connectivity index is 1.51. The third-order valence-corrected chi connectivity index (χ3v) is 4.45. The van der Waals surface area contributed by atoms with Gasteiger partial charge in [0.05, 0.1) is 6.20 Å². The summed E-state index contributed by atoms with van der Waals surface area (Å²) in [5.41, 5.74) is 1.54. The van der Waals surface area contributed by atoms with Crippen LogP contribution in [0.5, 0.6) is 0 Å². The molecule has 7 nitrogen and oxygen atoms in total. The molecule has 0 saturated carbocycles. The Kier molecular flexibility index (Phi) is 5.39. The molecule has 1 fully saturated rings. The van der Waals surface area contributed by atoms with Crippen LogP contribution < -0.4 is 10.2 Å². The van der Waals surface area contributed by atoms with Gasteiger partial charge in [0.2, 0.25) is 12.4 Å². The van der Waals surface area contributed by atoms with Crippen LogP contribution in [0.15, 0.2) is 17.8 Å². The van der Waals surface area contributed by atoms with E-state index >= 15 is 0 Å². The molecule has 1 saturated heterocycles. The number of nitrogens with zero attached hydrogens (tertiary/aromatic N) is 5. The zero-order valence-corrected chi connectivity index (χ0v) is 13.4. The second-order valence-electron chi connectivity index (χ2n) is 6.05. The Labute approximate surface area is 136 Å². The zero-order valence-electron chi connectivity index (χ0n) is 13.4. The zero-order chi connectivity index (χ0) is 15.9. The Hall–Kier alpha value is -2.18. The molecule has 1 amide bonds. The predicted molar refractivity (Wildman–Crippen MR) is 89.3 cm³/mol. The van der Waals surface area contributed by atoms with Crippen LogP contribution in [0.3, 0.4) is 0 Å². The molecular formula is C16H24N6O. The smallest absolute Gasteiger partial charge is 0.244 e. The Morgan fingerprint density at radius 2 is 2.09 bits per heavy atom. The van der Waals surface area contributed by atoms with Crippen molar-refractivity contribution in [3.05, 3.63) is 17.8 Å². The number of anilines is 2. The second-order valence-corrected chi connectivity index (χ2v) is 6.05. The van der Waals surface area contributed by atoms with E-state index in [1.165, 1.54) is 31.3 Å². The van der Waals surface area contributed by atoms with Gasteiger partial charge in [-0.1, -0.05) is 11.6 Å². The lowest BCUT2D eigenvalue weighted by atomic mass is 9.97. The molecule has 0 atom stereocenters. The number of piperazine rings is 1. The Morgan fingerprint density at radius 3 is 2.83 bits per heavy atom. The molecule has 0 bridgehead atoms. The van der Waals surface area contributed by atoms with Gasteiger partial charge in [-0.05, 0) is 32.1 Å². The fourth-order valence-corrected chi connectivity index (χ4v) is 3.05. The minimum atomic E-state index is 0.580. The lowest BCUT2D eigenvalue weighted by Gasteiger charge is -2.33. The van der Waals surface area contributed by atoms with Crippen LogP contribution >= 0.6 is 0 Å². The monoisotopic (exact) mass is 316 g/mol. The molecule has 0 aromatic carbocycles. The van der Waals surface area contributed by atoms with Crippen LogP contribution in [0.1, 0.15) is 32.1 Å². The molecule has 0 radical (unpaired) electrons. The minimum absolute atomic E-state index is 0.580. The van der Waals surface area contributed by atoms with Gasteiger partial charge in [0.1, 0.15) is 0 Å². The van der Waals surface area contributed by atoms with Gasteiger partial charge in [0, 0.05) is 32.7 Å². The molecule has 0 spiro atoms. The molecule has 3 rings (SSSR count). The van der Waals surface area contributed by atoms with Crippen molar-refractivity contribution < 1.29 is 4.79 Å². The lowest BCUT2D eigenvalue weighted by Crippen LogP contribution is -2.46. The van der Waals surface area contributed by atoms with Crippen molar-refractivity contribution >= 4 is 18.2 Å². The molecule has 0 unspecified atom stereocenters. The first-order valence-electron chi connectivity index (χ1n) is 8.41. The van der Waals surface area contributed by atoms with Gasteiger partial charge >= 0.3 is 0 Å². The van der Waals surface area contributed by atoms with E-state index in [-0.39, 0.29) is 0 Å². The van der Waals surface area contributed by atoms with Crippen molar-refractivity contribution in [1.82, 2.24) is 20.1 Å². The van der Waals surface area contributed by atoms with Crippen LogP contribution in [0.4, 0.5) is 11.8 Å². The molecular weight excluding hydrogens is 292 g/mol. The average molecular weight is 316 g/mol. The number of carbonyl (C=O) groups is 1. The molecule has 1 aromatic heterocycles. The third-order valence-electron chi connectivity index (χ3n) is 4.45. The van der Waals surface area contributed by atoms with Crippen LogP contribution in [0, 0.1) is 0 Å². The maximum atomic E-state index is 10.8. The Morgan fingerprint density at radius 1 is 1.22 bits per heavy atom. The molecule has 23 heavy (non-hydrogen) atoms. The summed E-state index contributed by atoms with van der Waals surface area (Å²) >= 11 is 0. The van der Waals surface area contributed by atoms with Crippen LogP contribution in [-0.4, -0.2) is 59.2 Å². The van der Waals surface area contributed by atoms with Crippen LogP contribution in [0.2, 0.25) is 0 Å². The molecule has 1 aliphatic carbocycles. The van der Waals surface area contributed by atoms with E-state index in [9.17, 15) is 4.79 Å². The third kappa shape index (κ3) is 4.40. The van der Waals surface area contributed by atoms with E-state index in [0.29, 0.717) is 5.95 Å². The van der Waals surface area contributed by atoms with E-state index in [2.05, 4.69) is 31.5 Å². The van der Waals surface area contributed by atoms with E-state index in [4.69, 9.17) is 0 Å². The number of rotatable bonds is 6. The normalized spacial score (nSPS) is 18.5. The molecule has 2 heterocycles. The van der Waals surface area contributed by atoms with Crippen molar-refractivity contribution in [2.45, 2.75) is 32.1 Å². The summed E-state index contributed by atoms with van der Waals surface area (Å²) in [5.74, 6) is 1.40. The van der Waals surface area contributed by atoms with Gasteiger partial charge in [-0.25, -0.2) is 0 Å². The first kappa shape index (κ1) is 15.7. The number of allylic oxidation sites excluding steroid dienone is 1. The predicted octanol–water partition coefficient (Wildman–Crippen LogP) is 1.45. The Bertz CT molecular complexity index is 553. The summed E-state index contributed by atoms with van der Waals surface area (Å²) < 4.78 is 0. The first-order chi connectivity index (χ1) is 11.3. The molecule has 7 heteroatoms. The van der Waals surface area contributed by atoms with E-state index in [0.717, 1.165) is 51.4 Å². The van der Waals surface area contributed by atoms with E-state index < -0.39 is 0 Å². The second kappa shape index (κ2) is 7.89. The number of aromatic nitrogens is 3. The fourth-order valence-electron chi connectivity index (χ4n) is 3.05. The maximum Gasteiger partial charge on any atom is 0.244 e. The standard InChI is InChI=1S/C16H24N6O/c23-13-21-8-10-22(11-9-21)15-12-18-20-16(19-15)17-7-6-14-4-2-1-3-5-14/h4,12-13H,1-3,5-11H2,(H,17,19,20). The van der Waals surface area contributed by atoms with Crippen LogP contribution in [-0.2, 0) is 4.79 Å². The summed E-state index contributed by atoms with van der Waals surface area (Å²) in [6, 6.07) is 0. The topological polar surface area (TPSA) is 74.2 Å². The lowest BCUT2D eigenvalue weighted by molar-refractivity contribution is -0.118. The van der Waals surface area contributed by atoms with Gasteiger partial charge in [-0.15, -0.1) is 5.10 Å². The molecule has 1 aliphatic heterocycles. The minimum Gasteiger partial charge on any atom is -0.353 e. The number of hydrogen-bond donors (Lipinski definition) is 1. The quantitative estimate of drug-likeness (QED) is 0.632. The number of carbonyl (C=O) groups excluding carboxylic acids is 1. The first-order valence-corrected chi connectivity index (χ1v) is 8.41. The van der Waals surface area contributed by atoms with Crippen molar-refractivity contribution in [2.75, 3.05) is 42.9 Å². The molecule has 124 valence electrons. The van der Waals surface area contributed by atoms with Gasteiger partial charge in [-0.2, -0.15) is 10.1 Å². The number of hydrogen-bond acceptors (Lipinski definition) is 6. The summed E-state index contributed by atoms with van der Waals surface area (Å²) in [6.07, 6.45) is 11.1. The highest BCUT2D eigenvalue weighted by molar-refractivity contribution is 5.49. The van der Waals surface area contributed by atoms with Crippen molar-refractivity contribution in [3.63, 3.8) is 0 Å². The highest BCUT2D eigenvalue weighted by Gasteiger charge is 2.17. The van der Waals surface area contributed by atoms with Gasteiger partial charge in [0.15, 0.2) is 5.82 Å². The highest BCUT2D eigenvalue weighted by atomic mass is 16.1. The van der Waals surface area contributed by atoms with Gasteiger partial charge < -0.3 is 15.1 Å². The van der Waals surface area contributed by atoms with E-state index in [1.54, 1.807) is 11.1 Å². The molecule has 1 aromatic rings. The number of amides is 1. The fraction of sp³-hybridized carbons (Fsp3) is 0.625. The van der Waals surface area contributed by atoms with Crippen molar-refractivity contribution in [2.24, 2.45) is 0 Å². The molecule has 1 N–H and O–H groups in total. The summed E-state index contributed by atoms with van der Waals surface area (Å²) in [5, 5.41) is 11.4. The largest absolute Gasteiger partial charge is 0.353 e. The van der Waals surface area contributed by atoms with Gasteiger partial charge in [0.25, 0.3) is 0 Å².